The van der Waals surface area contributed by atoms with Crippen LogP contribution in [0.15, 0.2) is 4.99 Å². The summed E-state index contributed by atoms with van der Waals surface area (Å²) in [5.41, 5.74) is 5.83. The summed E-state index contributed by atoms with van der Waals surface area (Å²) in [6, 6.07) is 0.385. The fourth-order valence-electron chi connectivity index (χ4n) is 1.68. The molecule has 0 aliphatic heterocycles. The Balaban J connectivity index is 4.18. The Labute approximate surface area is 100 Å². The topological polar surface area (TPSA) is 53.6 Å². The van der Waals surface area contributed by atoms with Crippen LogP contribution in [0.4, 0.5) is 0 Å². The van der Waals surface area contributed by atoms with Gasteiger partial charge in [0.2, 0.25) is 0 Å². The molecule has 0 aliphatic carbocycles. The van der Waals surface area contributed by atoms with Gasteiger partial charge in [-0.05, 0) is 32.9 Å². The number of nitrogens with two attached hydrogens (primary N) is 1. The molecule has 0 amide bonds. The van der Waals surface area contributed by atoms with Gasteiger partial charge in [0.05, 0.1) is 0 Å². The Kier molecular flexibility index (Phi) is 7.99. The fraction of sp³-hybridized carbons (Fsp3) is 0.917. The van der Waals surface area contributed by atoms with Crippen molar-refractivity contribution in [3.63, 3.8) is 0 Å². The van der Waals surface area contributed by atoms with Crippen molar-refractivity contribution >= 4 is 5.96 Å². The van der Waals surface area contributed by atoms with Gasteiger partial charge in [-0.25, -0.2) is 0 Å². The van der Waals surface area contributed by atoms with Gasteiger partial charge >= 0.3 is 0 Å². The Hall–Kier alpha value is -0.770. The van der Waals surface area contributed by atoms with Crippen molar-refractivity contribution in [2.75, 3.05) is 27.2 Å². The first-order valence-electron chi connectivity index (χ1n) is 6.16. The minimum absolute atomic E-state index is 0.385. The van der Waals surface area contributed by atoms with Crippen LogP contribution in [0.1, 0.15) is 33.6 Å². The number of nitrogens with zero attached hydrogens (tertiary/aromatic N) is 2. The predicted molar refractivity (Wildman–Crippen MR) is 71.7 cm³/mol. The van der Waals surface area contributed by atoms with Crippen LogP contribution >= 0.6 is 0 Å². The first-order chi connectivity index (χ1) is 7.45. The van der Waals surface area contributed by atoms with Crippen molar-refractivity contribution < 1.29 is 0 Å². The van der Waals surface area contributed by atoms with E-state index in [1.165, 1.54) is 0 Å². The number of nitrogens with one attached hydrogen (secondary N) is 1. The van der Waals surface area contributed by atoms with Crippen LogP contribution < -0.4 is 11.1 Å². The highest BCUT2D eigenvalue weighted by atomic mass is 15.2. The zero-order valence-electron chi connectivity index (χ0n) is 11.5. The number of guanidine groups is 1. The van der Waals surface area contributed by atoms with Gasteiger partial charge in [-0.3, -0.25) is 4.99 Å². The molecule has 0 radical (unpaired) electrons. The molecule has 96 valence electrons. The van der Waals surface area contributed by atoms with Gasteiger partial charge in [0.15, 0.2) is 5.96 Å². The molecule has 0 aromatic rings. The molecule has 0 spiro atoms. The second-order valence-corrected chi connectivity index (χ2v) is 5.00. The van der Waals surface area contributed by atoms with E-state index in [9.17, 15) is 0 Å². The van der Waals surface area contributed by atoms with Gasteiger partial charge in [-0.2, -0.15) is 0 Å². The fourth-order valence-corrected chi connectivity index (χ4v) is 1.68. The number of likely N-dealkylation sites (N-methyl/N-ethyl adjacent to an activating group) is 1. The van der Waals surface area contributed by atoms with E-state index in [4.69, 9.17) is 5.73 Å². The van der Waals surface area contributed by atoms with Crippen molar-refractivity contribution in [2.24, 2.45) is 16.6 Å². The van der Waals surface area contributed by atoms with Gasteiger partial charge in [0.25, 0.3) is 0 Å². The van der Waals surface area contributed by atoms with Crippen LogP contribution in [0.25, 0.3) is 0 Å². The molecule has 1 atom stereocenters. The van der Waals surface area contributed by atoms with Crippen molar-refractivity contribution in [3.05, 3.63) is 0 Å². The first kappa shape index (κ1) is 15.2. The van der Waals surface area contributed by atoms with Crippen LogP contribution in [0, 0.1) is 5.92 Å². The summed E-state index contributed by atoms with van der Waals surface area (Å²) in [5.74, 6) is 1.24. The van der Waals surface area contributed by atoms with Crippen LogP contribution in [-0.4, -0.2) is 44.1 Å². The third kappa shape index (κ3) is 8.53. The molecule has 0 fully saturated rings. The minimum Gasteiger partial charge on any atom is -0.370 e. The molecule has 0 saturated heterocycles. The summed E-state index contributed by atoms with van der Waals surface area (Å²) in [4.78, 5) is 6.44. The molecule has 0 bridgehead atoms. The molecule has 0 aromatic carbocycles. The van der Waals surface area contributed by atoms with E-state index >= 15 is 0 Å². The van der Waals surface area contributed by atoms with Crippen LogP contribution in [0.3, 0.4) is 0 Å². The average Bonchev–Trinajstić information content (AvgIpc) is 2.12. The smallest absolute Gasteiger partial charge is 0.188 e. The SMILES string of the molecule is CCCN=C(N)NC(CC(C)C)CN(C)C. The molecular weight excluding hydrogens is 200 g/mol. The molecule has 0 heterocycles. The van der Waals surface area contributed by atoms with E-state index in [1.54, 1.807) is 0 Å². The Morgan fingerprint density at radius 3 is 2.44 bits per heavy atom. The van der Waals surface area contributed by atoms with Gasteiger partial charge < -0.3 is 16.0 Å². The van der Waals surface area contributed by atoms with Gasteiger partial charge in [-0.1, -0.05) is 20.8 Å². The highest BCUT2D eigenvalue weighted by Gasteiger charge is 2.12. The molecule has 3 N–H and O–H groups in total. The molecule has 0 aliphatic rings. The van der Waals surface area contributed by atoms with Crippen LogP contribution in [0.2, 0.25) is 0 Å². The molecule has 0 saturated carbocycles. The van der Waals surface area contributed by atoms with Crippen LogP contribution in [-0.2, 0) is 0 Å². The second-order valence-electron chi connectivity index (χ2n) is 5.00. The van der Waals surface area contributed by atoms with Crippen molar-refractivity contribution in [2.45, 2.75) is 39.7 Å². The predicted octanol–water partition coefficient (Wildman–Crippen LogP) is 1.28. The van der Waals surface area contributed by atoms with E-state index in [0.717, 1.165) is 25.9 Å². The molecule has 16 heavy (non-hydrogen) atoms. The molecular formula is C12H28N4. The third-order valence-corrected chi connectivity index (χ3v) is 2.20. The van der Waals surface area contributed by atoms with E-state index < -0.39 is 0 Å². The van der Waals surface area contributed by atoms with Gasteiger partial charge in [0, 0.05) is 19.1 Å². The first-order valence-corrected chi connectivity index (χ1v) is 6.16. The second kappa shape index (κ2) is 8.39. The quantitative estimate of drug-likeness (QED) is 0.510. The van der Waals surface area contributed by atoms with Crippen molar-refractivity contribution in [1.82, 2.24) is 10.2 Å². The number of aliphatic imine (C=N–C) groups is 1. The standard InChI is InChI=1S/C12H28N4/c1-6-7-14-12(13)15-11(8-10(2)3)9-16(4)5/h10-11H,6-9H2,1-5H3,(H3,13,14,15). The average molecular weight is 228 g/mol. The summed E-state index contributed by atoms with van der Waals surface area (Å²) >= 11 is 0. The van der Waals surface area contributed by atoms with E-state index in [2.05, 4.69) is 50.1 Å². The molecule has 0 rings (SSSR count). The van der Waals surface area contributed by atoms with Crippen molar-refractivity contribution in [3.8, 4) is 0 Å². The largest absolute Gasteiger partial charge is 0.370 e. The zero-order chi connectivity index (χ0) is 12.6. The van der Waals surface area contributed by atoms with E-state index in [1.807, 2.05) is 0 Å². The molecule has 0 aromatic heterocycles. The van der Waals surface area contributed by atoms with Gasteiger partial charge in [-0.15, -0.1) is 0 Å². The highest BCUT2D eigenvalue weighted by Crippen LogP contribution is 2.05. The lowest BCUT2D eigenvalue weighted by Crippen LogP contribution is -2.45. The number of rotatable bonds is 7. The summed E-state index contributed by atoms with van der Waals surface area (Å²) in [6.45, 7) is 8.34. The maximum Gasteiger partial charge on any atom is 0.188 e. The summed E-state index contributed by atoms with van der Waals surface area (Å²) in [6.07, 6.45) is 2.14. The molecule has 4 nitrogen and oxygen atoms in total. The summed E-state index contributed by atoms with van der Waals surface area (Å²) in [5, 5.41) is 3.30. The summed E-state index contributed by atoms with van der Waals surface area (Å²) < 4.78 is 0. The lowest BCUT2D eigenvalue weighted by atomic mass is 10.0. The molecule has 4 heteroatoms. The van der Waals surface area contributed by atoms with Crippen LogP contribution in [0.5, 0.6) is 0 Å². The van der Waals surface area contributed by atoms with Gasteiger partial charge in [0.1, 0.15) is 0 Å². The third-order valence-electron chi connectivity index (χ3n) is 2.20. The lowest BCUT2D eigenvalue weighted by molar-refractivity contribution is 0.327. The Morgan fingerprint density at radius 2 is 2.00 bits per heavy atom. The van der Waals surface area contributed by atoms with E-state index in [0.29, 0.717) is 17.9 Å². The number of hydrogen-bond donors (Lipinski definition) is 2. The lowest BCUT2D eigenvalue weighted by Gasteiger charge is -2.24. The Morgan fingerprint density at radius 1 is 1.38 bits per heavy atom. The number of hydrogen-bond acceptors (Lipinski definition) is 2. The molecule has 1 unspecified atom stereocenters. The monoisotopic (exact) mass is 228 g/mol. The zero-order valence-corrected chi connectivity index (χ0v) is 11.5. The Bertz CT molecular complexity index is 189. The van der Waals surface area contributed by atoms with Crippen molar-refractivity contribution in [1.29, 1.82) is 0 Å². The highest BCUT2D eigenvalue weighted by molar-refractivity contribution is 5.78. The minimum atomic E-state index is 0.385. The maximum absolute atomic E-state index is 5.83. The maximum atomic E-state index is 5.83. The summed E-state index contributed by atoms with van der Waals surface area (Å²) in [7, 11) is 4.16. The van der Waals surface area contributed by atoms with E-state index in [-0.39, 0.29) is 0 Å². The normalized spacial score (nSPS) is 14.6.